The van der Waals surface area contributed by atoms with Gasteiger partial charge in [-0.3, -0.25) is 0 Å². The molecule has 0 aliphatic heterocycles. The topological polar surface area (TPSA) is 79.2 Å². The van der Waals surface area contributed by atoms with Gasteiger partial charge in [-0.15, -0.1) is 0 Å². The second-order valence-corrected chi connectivity index (χ2v) is 6.37. The van der Waals surface area contributed by atoms with Gasteiger partial charge in [0, 0.05) is 17.9 Å². The molecule has 1 unspecified atom stereocenters. The molecule has 2 rings (SSSR count). The number of nitrogens with one attached hydrogen (secondary N) is 2. The van der Waals surface area contributed by atoms with Crippen molar-refractivity contribution in [1.29, 1.82) is 0 Å². The molecule has 6 heteroatoms. The summed E-state index contributed by atoms with van der Waals surface area (Å²) < 4.78 is 1.84. The average Bonchev–Trinajstić information content (AvgIpc) is 2.86. The summed E-state index contributed by atoms with van der Waals surface area (Å²) >= 11 is 0. The van der Waals surface area contributed by atoms with Crippen LogP contribution in [0.25, 0.3) is 5.69 Å². The van der Waals surface area contributed by atoms with E-state index in [0.717, 1.165) is 17.1 Å². The number of anilines is 1. The van der Waals surface area contributed by atoms with Crippen LogP contribution in [0.3, 0.4) is 0 Å². The molecule has 0 radical (unpaired) electrons. The number of aromatic nitrogens is 2. The third-order valence-corrected chi connectivity index (χ3v) is 3.85. The van der Waals surface area contributed by atoms with Gasteiger partial charge in [-0.05, 0) is 50.5 Å². The first-order valence-electron chi connectivity index (χ1n) is 8.23. The van der Waals surface area contributed by atoms with Crippen molar-refractivity contribution in [3.8, 4) is 5.69 Å². The predicted molar refractivity (Wildman–Crippen MR) is 95.5 cm³/mol. The summed E-state index contributed by atoms with van der Waals surface area (Å²) in [4.78, 5) is 12.0. The maximum Gasteiger partial charge on any atom is 0.319 e. The number of rotatable bonds is 6. The van der Waals surface area contributed by atoms with Crippen molar-refractivity contribution in [2.75, 3.05) is 11.9 Å². The number of hydrogen-bond acceptors (Lipinski definition) is 3. The van der Waals surface area contributed by atoms with E-state index in [4.69, 9.17) is 0 Å². The van der Waals surface area contributed by atoms with Gasteiger partial charge in [0.2, 0.25) is 0 Å². The van der Waals surface area contributed by atoms with Crippen molar-refractivity contribution in [2.24, 2.45) is 5.92 Å². The van der Waals surface area contributed by atoms with Crippen LogP contribution in [-0.4, -0.2) is 33.6 Å². The first-order chi connectivity index (χ1) is 11.4. The van der Waals surface area contributed by atoms with Gasteiger partial charge in [-0.1, -0.05) is 19.9 Å². The van der Waals surface area contributed by atoms with Crippen molar-refractivity contribution < 1.29 is 9.90 Å². The minimum atomic E-state index is -0.403. The largest absolute Gasteiger partial charge is 0.393 e. The normalized spacial score (nSPS) is 12.2. The number of aliphatic hydroxyl groups excluding tert-OH is 1. The van der Waals surface area contributed by atoms with Crippen molar-refractivity contribution in [3.05, 3.63) is 41.7 Å². The number of urea groups is 1. The molecular formula is C18H26N4O2. The molecular weight excluding hydrogens is 304 g/mol. The summed E-state index contributed by atoms with van der Waals surface area (Å²) in [7, 11) is 0. The average molecular weight is 330 g/mol. The zero-order chi connectivity index (χ0) is 17.7. The number of aryl methyl sites for hydroxylation is 2. The van der Waals surface area contributed by atoms with Crippen LogP contribution in [0.1, 0.15) is 31.7 Å². The molecule has 0 spiro atoms. The first-order valence-corrected chi connectivity index (χ1v) is 8.23. The van der Waals surface area contributed by atoms with Crippen molar-refractivity contribution >= 4 is 11.7 Å². The Morgan fingerprint density at radius 1 is 1.29 bits per heavy atom. The molecule has 1 heterocycles. The molecule has 2 amide bonds. The molecule has 2 aromatic rings. The summed E-state index contributed by atoms with van der Waals surface area (Å²) in [6, 6.07) is 9.26. The fourth-order valence-electron chi connectivity index (χ4n) is 2.45. The van der Waals surface area contributed by atoms with Crippen LogP contribution in [-0.2, 0) is 0 Å². The van der Waals surface area contributed by atoms with Crippen LogP contribution >= 0.6 is 0 Å². The lowest BCUT2D eigenvalue weighted by Gasteiger charge is -2.15. The van der Waals surface area contributed by atoms with Crippen LogP contribution in [0.4, 0.5) is 10.5 Å². The molecule has 24 heavy (non-hydrogen) atoms. The highest BCUT2D eigenvalue weighted by molar-refractivity contribution is 5.89. The number of carbonyl (C=O) groups excluding carboxylic acids is 1. The number of carbonyl (C=O) groups is 1. The molecule has 0 fully saturated rings. The third-order valence-electron chi connectivity index (χ3n) is 3.85. The highest BCUT2D eigenvalue weighted by Gasteiger charge is 2.10. The summed E-state index contributed by atoms with van der Waals surface area (Å²) in [6.45, 7) is 8.28. The SMILES string of the molecule is Cc1cc(C)n(-c2cccc(NC(=O)NCCC(O)C(C)C)c2)n1. The van der Waals surface area contributed by atoms with E-state index in [1.165, 1.54) is 0 Å². The van der Waals surface area contributed by atoms with Gasteiger partial charge in [0.25, 0.3) is 0 Å². The first kappa shape index (κ1) is 18.0. The monoisotopic (exact) mass is 330 g/mol. The number of nitrogens with zero attached hydrogens (tertiary/aromatic N) is 2. The van der Waals surface area contributed by atoms with Crippen molar-refractivity contribution in [2.45, 2.75) is 40.2 Å². The Hall–Kier alpha value is -2.34. The zero-order valence-corrected chi connectivity index (χ0v) is 14.7. The van der Waals surface area contributed by atoms with Gasteiger partial charge in [-0.2, -0.15) is 5.10 Å². The molecule has 0 saturated heterocycles. The Kier molecular flexibility index (Phi) is 5.98. The lowest BCUT2D eigenvalue weighted by Crippen LogP contribution is -2.32. The van der Waals surface area contributed by atoms with Gasteiger partial charge in [0.1, 0.15) is 0 Å². The highest BCUT2D eigenvalue weighted by Crippen LogP contribution is 2.16. The molecule has 0 aliphatic rings. The van der Waals surface area contributed by atoms with Gasteiger partial charge < -0.3 is 15.7 Å². The van der Waals surface area contributed by atoms with E-state index < -0.39 is 6.10 Å². The Balaban J connectivity index is 1.94. The maximum atomic E-state index is 12.0. The maximum absolute atomic E-state index is 12.0. The number of benzene rings is 1. The van der Waals surface area contributed by atoms with E-state index in [1.807, 2.05) is 62.7 Å². The summed E-state index contributed by atoms with van der Waals surface area (Å²) in [5.74, 6) is 0.187. The Labute approximate surface area is 142 Å². The van der Waals surface area contributed by atoms with Crippen LogP contribution in [0, 0.1) is 19.8 Å². The minimum Gasteiger partial charge on any atom is -0.393 e. The second kappa shape index (κ2) is 7.97. The van der Waals surface area contributed by atoms with E-state index in [9.17, 15) is 9.90 Å². The quantitative estimate of drug-likeness (QED) is 0.762. The minimum absolute atomic E-state index is 0.187. The fourth-order valence-corrected chi connectivity index (χ4v) is 2.45. The van der Waals surface area contributed by atoms with E-state index in [1.54, 1.807) is 0 Å². The van der Waals surface area contributed by atoms with E-state index >= 15 is 0 Å². The fraction of sp³-hybridized carbons (Fsp3) is 0.444. The standard InChI is InChI=1S/C18H26N4O2/c1-12(2)17(23)8-9-19-18(24)20-15-6-5-7-16(11-15)22-14(4)10-13(3)21-22/h5-7,10-12,17,23H,8-9H2,1-4H3,(H2,19,20,24). The zero-order valence-electron chi connectivity index (χ0n) is 14.7. The molecule has 0 saturated carbocycles. The molecule has 130 valence electrons. The Bertz CT molecular complexity index is 694. The smallest absolute Gasteiger partial charge is 0.319 e. The van der Waals surface area contributed by atoms with Gasteiger partial charge in [0.15, 0.2) is 0 Å². The third kappa shape index (κ3) is 4.83. The number of hydrogen-bond donors (Lipinski definition) is 3. The van der Waals surface area contributed by atoms with E-state index in [-0.39, 0.29) is 11.9 Å². The van der Waals surface area contributed by atoms with Crippen LogP contribution in [0.2, 0.25) is 0 Å². The summed E-state index contributed by atoms with van der Waals surface area (Å²) in [5, 5.41) is 19.8. The van der Waals surface area contributed by atoms with Gasteiger partial charge >= 0.3 is 6.03 Å². The predicted octanol–water partition coefficient (Wildman–Crippen LogP) is 3.02. The van der Waals surface area contributed by atoms with Gasteiger partial charge in [-0.25, -0.2) is 9.48 Å². The van der Waals surface area contributed by atoms with Gasteiger partial charge in [0.05, 0.1) is 17.5 Å². The molecule has 3 N–H and O–H groups in total. The molecule has 1 aromatic carbocycles. The summed E-state index contributed by atoms with van der Waals surface area (Å²) in [5.41, 5.74) is 3.58. The molecule has 6 nitrogen and oxygen atoms in total. The van der Waals surface area contributed by atoms with Crippen LogP contribution in [0.15, 0.2) is 30.3 Å². The van der Waals surface area contributed by atoms with Crippen LogP contribution < -0.4 is 10.6 Å². The molecule has 0 aliphatic carbocycles. The number of amides is 2. The second-order valence-electron chi connectivity index (χ2n) is 6.37. The van der Waals surface area contributed by atoms with E-state index in [0.29, 0.717) is 18.7 Å². The highest BCUT2D eigenvalue weighted by atomic mass is 16.3. The lowest BCUT2D eigenvalue weighted by atomic mass is 10.0. The number of aliphatic hydroxyl groups is 1. The van der Waals surface area contributed by atoms with E-state index in [2.05, 4.69) is 15.7 Å². The van der Waals surface area contributed by atoms with Crippen molar-refractivity contribution in [1.82, 2.24) is 15.1 Å². The van der Waals surface area contributed by atoms with Crippen molar-refractivity contribution in [3.63, 3.8) is 0 Å². The van der Waals surface area contributed by atoms with Crippen LogP contribution in [0.5, 0.6) is 0 Å². The molecule has 1 aromatic heterocycles. The Morgan fingerprint density at radius 3 is 2.67 bits per heavy atom. The Morgan fingerprint density at radius 2 is 2.04 bits per heavy atom. The lowest BCUT2D eigenvalue weighted by molar-refractivity contribution is 0.117. The summed E-state index contributed by atoms with van der Waals surface area (Å²) in [6.07, 6.45) is 0.135. The molecule has 1 atom stereocenters. The molecule has 0 bridgehead atoms.